The molecule has 0 aliphatic carbocycles. The van der Waals surface area contributed by atoms with Gasteiger partial charge in [-0.25, -0.2) is 9.97 Å². The molecule has 0 amide bonds. The number of H-pyrrole nitrogens is 1. The van der Waals surface area contributed by atoms with E-state index in [1.807, 2.05) is 12.1 Å². The molecule has 0 saturated heterocycles. The van der Waals surface area contributed by atoms with Gasteiger partial charge >= 0.3 is 0 Å². The van der Waals surface area contributed by atoms with Gasteiger partial charge in [-0.05, 0) is 65.7 Å². The fraction of sp³-hybridized carbons (Fsp3) is 0. The van der Waals surface area contributed by atoms with Crippen molar-refractivity contribution >= 4 is 43.6 Å². The van der Waals surface area contributed by atoms with Crippen molar-refractivity contribution in [3.05, 3.63) is 176 Å². The molecule has 10 aromatic rings. The fourth-order valence-corrected chi connectivity index (χ4v) is 7.38. The molecule has 4 nitrogen and oxygen atoms in total. The van der Waals surface area contributed by atoms with Crippen LogP contribution in [0.4, 0.5) is 0 Å². The maximum Gasteiger partial charge on any atom is 0.162 e. The van der Waals surface area contributed by atoms with Gasteiger partial charge in [-0.3, -0.25) is 0 Å². The van der Waals surface area contributed by atoms with Gasteiger partial charge in [-0.2, -0.15) is 0 Å². The Morgan fingerprint density at radius 2 is 0.980 bits per heavy atom. The molecule has 0 bridgehead atoms. The number of para-hydroxylation sites is 3. The van der Waals surface area contributed by atoms with Crippen LogP contribution in [-0.4, -0.2) is 19.5 Å². The highest BCUT2D eigenvalue weighted by molar-refractivity contribution is 6.14. The summed E-state index contributed by atoms with van der Waals surface area (Å²) in [5, 5.41) is 4.77. The predicted molar refractivity (Wildman–Crippen MR) is 207 cm³/mol. The van der Waals surface area contributed by atoms with Crippen LogP contribution < -0.4 is 0 Å². The summed E-state index contributed by atoms with van der Waals surface area (Å²) >= 11 is 0. The maximum absolute atomic E-state index is 5.25. The first-order chi connectivity index (χ1) is 24.8. The van der Waals surface area contributed by atoms with Gasteiger partial charge in [-0.1, -0.05) is 121 Å². The van der Waals surface area contributed by atoms with Crippen LogP contribution in [0.3, 0.4) is 0 Å². The first-order valence-electron chi connectivity index (χ1n) is 16.9. The molecule has 234 valence electrons. The quantitative estimate of drug-likeness (QED) is 0.204. The Bertz CT molecular complexity index is 2790. The van der Waals surface area contributed by atoms with E-state index in [2.05, 4.69) is 173 Å². The third kappa shape index (κ3) is 4.61. The van der Waals surface area contributed by atoms with Crippen LogP contribution >= 0.6 is 0 Å². The lowest BCUT2D eigenvalue weighted by Gasteiger charge is -2.12. The second kappa shape index (κ2) is 11.4. The van der Waals surface area contributed by atoms with Crippen LogP contribution in [0.15, 0.2) is 176 Å². The van der Waals surface area contributed by atoms with Crippen molar-refractivity contribution in [2.24, 2.45) is 0 Å². The summed E-state index contributed by atoms with van der Waals surface area (Å²) in [6.45, 7) is 0. The molecule has 1 N–H and O–H groups in total. The van der Waals surface area contributed by atoms with Gasteiger partial charge in [0.1, 0.15) is 0 Å². The summed E-state index contributed by atoms with van der Waals surface area (Å²) in [6, 6.07) is 62.0. The smallest absolute Gasteiger partial charge is 0.162 e. The summed E-state index contributed by atoms with van der Waals surface area (Å²) in [4.78, 5) is 14.2. The average molecular weight is 639 g/mol. The minimum Gasteiger partial charge on any atom is -0.354 e. The maximum atomic E-state index is 5.25. The molecule has 3 heterocycles. The van der Waals surface area contributed by atoms with Crippen molar-refractivity contribution in [3.8, 4) is 50.7 Å². The number of hydrogen-bond acceptors (Lipinski definition) is 2. The van der Waals surface area contributed by atoms with Crippen molar-refractivity contribution in [2.75, 3.05) is 0 Å². The summed E-state index contributed by atoms with van der Waals surface area (Å²) in [6.07, 6.45) is 0. The lowest BCUT2D eigenvalue weighted by atomic mass is 9.97. The number of fused-ring (bicyclic) bond motifs is 6. The Hall–Kier alpha value is -6.78. The van der Waals surface area contributed by atoms with Crippen molar-refractivity contribution in [3.63, 3.8) is 0 Å². The van der Waals surface area contributed by atoms with Gasteiger partial charge < -0.3 is 9.55 Å². The molecule has 0 fully saturated rings. The SMILES string of the molecule is c1ccc(-c2cc(-c3ccccc3)nc(-c3cc(-c4ccc5c(c4)c4ccccc4n5-c4ccccc4)cc4c3[nH]c3ccccc34)n2)cc1. The van der Waals surface area contributed by atoms with Gasteiger partial charge in [-0.15, -0.1) is 0 Å². The number of nitrogens with zero attached hydrogens (tertiary/aromatic N) is 3. The molecule has 0 aliphatic heterocycles. The fourth-order valence-electron chi connectivity index (χ4n) is 7.38. The Balaban J connectivity index is 1.24. The lowest BCUT2D eigenvalue weighted by molar-refractivity contribution is 1.18. The zero-order valence-electron chi connectivity index (χ0n) is 27.1. The molecule has 0 spiro atoms. The highest BCUT2D eigenvalue weighted by Gasteiger charge is 2.19. The van der Waals surface area contributed by atoms with Crippen molar-refractivity contribution in [1.29, 1.82) is 0 Å². The lowest BCUT2D eigenvalue weighted by Crippen LogP contribution is -1.97. The van der Waals surface area contributed by atoms with E-state index in [-0.39, 0.29) is 0 Å². The van der Waals surface area contributed by atoms with Crippen molar-refractivity contribution < 1.29 is 0 Å². The molecule has 4 heteroatoms. The van der Waals surface area contributed by atoms with Crippen molar-refractivity contribution in [2.45, 2.75) is 0 Å². The van der Waals surface area contributed by atoms with E-state index in [1.165, 1.54) is 27.2 Å². The molecule has 10 rings (SSSR count). The van der Waals surface area contributed by atoms with Gasteiger partial charge in [0.25, 0.3) is 0 Å². The zero-order chi connectivity index (χ0) is 33.0. The molecule has 0 aliphatic rings. The van der Waals surface area contributed by atoms with E-state index < -0.39 is 0 Å². The standard InChI is InChI=1S/C46H30N4/c1-4-14-30(15-5-1)41-29-42(31-16-6-2-7-17-31)49-46(48-41)39-28-33(27-38-35-20-10-12-22-40(35)47-45(38)39)32-24-25-44-37(26-32)36-21-11-13-23-43(36)50(44)34-18-8-3-9-19-34/h1-29,47H. The van der Waals surface area contributed by atoms with Crippen LogP contribution in [0.1, 0.15) is 0 Å². The highest BCUT2D eigenvalue weighted by Crippen LogP contribution is 2.40. The monoisotopic (exact) mass is 638 g/mol. The largest absolute Gasteiger partial charge is 0.354 e. The first kappa shape index (κ1) is 28.3. The summed E-state index contributed by atoms with van der Waals surface area (Å²) in [5.74, 6) is 0.686. The minimum absolute atomic E-state index is 0.686. The topological polar surface area (TPSA) is 46.5 Å². The minimum atomic E-state index is 0.686. The molecule has 0 unspecified atom stereocenters. The van der Waals surface area contributed by atoms with Gasteiger partial charge in [0, 0.05) is 49.4 Å². The number of rotatable bonds is 5. The molecular formula is C46H30N4. The van der Waals surface area contributed by atoms with Gasteiger partial charge in [0.05, 0.1) is 27.9 Å². The Morgan fingerprint density at radius 3 is 1.70 bits per heavy atom. The van der Waals surface area contributed by atoms with Crippen LogP contribution in [0, 0.1) is 0 Å². The third-order valence-electron chi connectivity index (χ3n) is 9.74. The summed E-state index contributed by atoms with van der Waals surface area (Å²) < 4.78 is 2.36. The molecule has 3 aromatic heterocycles. The zero-order valence-corrected chi connectivity index (χ0v) is 27.1. The first-order valence-corrected chi connectivity index (χ1v) is 16.9. The van der Waals surface area contributed by atoms with Crippen molar-refractivity contribution in [1.82, 2.24) is 19.5 Å². The van der Waals surface area contributed by atoms with Gasteiger partial charge in [0.15, 0.2) is 5.82 Å². The number of hydrogen-bond donors (Lipinski definition) is 1. The van der Waals surface area contributed by atoms with E-state index in [4.69, 9.17) is 9.97 Å². The van der Waals surface area contributed by atoms with E-state index >= 15 is 0 Å². The Morgan fingerprint density at radius 1 is 0.400 bits per heavy atom. The Labute approximate surface area is 289 Å². The van der Waals surface area contributed by atoms with E-state index in [1.54, 1.807) is 0 Å². The van der Waals surface area contributed by atoms with Crippen LogP contribution in [0.5, 0.6) is 0 Å². The summed E-state index contributed by atoms with van der Waals surface area (Å²) in [7, 11) is 0. The van der Waals surface area contributed by atoms with E-state index in [9.17, 15) is 0 Å². The molecule has 7 aromatic carbocycles. The number of aromatic nitrogens is 4. The van der Waals surface area contributed by atoms with Gasteiger partial charge in [0.2, 0.25) is 0 Å². The van der Waals surface area contributed by atoms with Crippen LogP contribution in [-0.2, 0) is 0 Å². The molecule has 0 radical (unpaired) electrons. The molecule has 50 heavy (non-hydrogen) atoms. The highest BCUT2D eigenvalue weighted by atomic mass is 15.0. The normalized spacial score (nSPS) is 11.6. The second-order valence-electron chi connectivity index (χ2n) is 12.7. The van der Waals surface area contributed by atoms with E-state index in [0.717, 1.165) is 61.3 Å². The number of benzene rings is 7. The Kier molecular flexibility index (Phi) is 6.46. The average Bonchev–Trinajstić information content (AvgIpc) is 3.74. The van der Waals surface area contributed by atoms with Crippen LogP contribution in [0.25, 0.3) is 94.3 Å². The predicted octanol–water partition coefficient (Wildman–Crippen LogP) is 11.9. The summed E-state index contributed by atoms with van der Waals surface area (Å²) in [5.41, 5.74) is 12.8. The molecular weight excluding hydrogens is 609 g/mol. The third-order valence-corrected chi connectivity index (χ3v) is 9.74. The molecule has 0 saturated carbocycles. The second-order valence-corrected chi connectivity index (χ2v) is 12.7. The number of nitrogens with one attached hydrogen (secondary N) is 1. The molecule has 0 atom stereocenters. The van der Waals surface area contributed by atoms with Crippen LogP contribution in [0.2, 0.25) is 0 Å². The van der Waals surface area contributed by atoms with E-state index in [0.29, 0.717) is 5.82 Å². The number of aromatic amines is 1.